The predicted octanol–water partition coefficient (Wildman–Crippen LogP) is 3.65. The van der Waals surface area contributed by atoms with Crippen LogP contribution in [0.2, 0.25) is 5.02 Å². The first kappa shape index (κ1) is 19.2. The average Bonchev–Trinajstić information content (AvgIpc) is 3.26. The van der Waals surface area contributed by atoms with E-state index in [1.165, 1.54) is 6.20 Å². The molecule has 1 fully saturated rings. The second-order valence-electron chi connectivity index (χ2n) is 6.77. The summed E-state index contributed by atoms with van der Waals surface area (Å²) in [7, 11) is 1.61. The van der Waals surface area contributed by atoms with E-state index in [0.717, 1.165) is 30.7 Å². The average molecular weight is 414 g/mol. The molecule has 0 aliphatic carbocycles. The van der Waals surface area contributed by atoms with Crippen molar-refractivity contribution >= 4 is 29.3 Å². The summed E-state index contributed by atoms with van der Waals surface area (Å²) in [5.74, 6) is 1.40. The number of carbonyl (C=O) groups is 1. The van der Waals surface area contributed by atoms with Gasteiger partial charge in [-0.15, -0.1) is 0 Å². The molecule has 3 heterocycles. The Morgan fingerprint density at radius 2 is 2.24 bits per heavy atom. The summed E-state index contributed by atoms with van der Waals surface area (Å²) in [6.07, 6.45) is 3.14. The van der Waals surface area contributed by atoms with Crippen LogP contribution in [0.25, 0.3) is 11.4 Å². The molecule has 150 valence electrons. The van der Waals surface area contributed by atoms with Crippen LogP contribution in [0.1, 0.15) is 12.8 Å². The van der Waals surface area contributed by atoms with Gasteiger partial charge < -0.3 is 19.5 Å². The Morgan fingerprint density at radius 1 is 1.34 bits per heavy atom. The van der Waals surface area contributed by atoms with Crippen molar-refractivity contribution < 1.29 is 14.1 Å². The molecule has 9 heteroatoms. The molecule has 1 amide bonds. The minimum absolute atomic E-state index is 0.0861. The molecule has 0 spiro atoms. The molecule has 2 aromatic heterocycles. The van der Waals surface area contributed by atoms with Crippen molar-refractivity contribution in [2.24, 2.45) is 5.92 Å². The predicted molar refractivity (Wildman–Crippen MR) is 109 cm³/mol. The lowest BCUT2D eigenvalue weighted by atomic mass is 9.97. The van der Waals surface area contributed by atoms with E-state index in [1.807, 2.05) is 29.2 Å². The maximum Gasteiger partial charge on any atom is 0.324 e. The number of aromatic nitrogens is 3. The van der Waals surface area contributed by atoms with Gasteiger partial charge in [-0.25, -0.2) is 4.98 Å². The van der Waals surface area contributed by atoms with E-state index >= 15 is 0 Å². The van der Waals surface area contributed by atoms with Crippen molar-refractivity contribution in [3.8, 4) is 17.1 Å². The number of rotatable bonds is 5. The summed E-state index contributed by atoms with van der Waals surface area (Å²) in [6.45, 7) is 1.25. The standard InChI is InChI=1S/C20H20ClN5O3/c1-28-16-6-2-4-13(10-16)18-24-20(29-25-18)26-9-3-5-14(12-26)19(27)23-17-8-7-15(21)11-22-17/h2,4,6-8,10-11,14H,3,5,9,12H2,1H3,(H,22,23,27). The molecule has 3 aromatic rings. The van der Waals surface area contributed by atoms with Gasteiger partial charge in [0.15, 0.2) is 0 Å². The molecule has 1 aromatic carbocycles. The molecule has 1 saturated heterocycles. The number of amides is 1. The van der Waals surface area contributed by atoms with E-state index in [4.69, 9.17) is 20.9 Å². The minimum atomic E-state index is -0.201. The zero-order valence-electron chi connectivity index (χ0n) is 15.8. The Kier molecular flexibility index (Phi) is 5.62. The number of nitrogens with zero attached hydrogens (tertiary/aromatic N) is 4. The molecule has 1 unspecified atom stereocenters. The second kappa shape index (κ2) is 8.48. The van der Waals surface area contributed by atoms with Crippen molar-refractivity contribution in [1.29, 1.82) is 0 Å². The van der Waals surface area contributed by atoms with Gasteiger partial charge in [-0.2, -0.15) is 4.98 Å². The largest absolute Gasteiger partial charge is 0.497 e. The van der Waals surface area contributed by atoms with Gasteiger partial charge in [0.05, 0.1) is 18.1 Å². The number of benzene rings is 1. The summed E-state index contributed by atoms with van der Waals surface area (Å²) in [5, 5.41) is 7.44. The third-order valence-electron chi connectivity index (χ3n) is 4.78. The maximum absolute atomic E-state index is 12.6. The lowest BCUT2D eigenvalue weighted by molar-refractivity contribution is -0.120. The van der Waals surface area contributed by atoms with Crippen LogP contribution in [-0.2, 0) is 4.79 Å². The third kappa shape index (κ3) is 4.48. The van der Waals surface area contributed by atoms with E-state index in [1.54, 1.807) is 19.2 Å². The van der Waals surface area contributed by atoms with Gasteiger partial charge in [-0.3, -0.25) is 4.79 Å². The first-order chi connectivity index (χ1) is 14.1. The topological polar surface area (TPSA) is 93.4 Å². The van der Waals surface area contributed by atoms with E-state index in [9.17, 15) is 4.79 Å². The summed E-state index contributed by atoms with van der Waals surface area (Å²) < 4.78 is 10.7. The lowest BCUT2D eigenvalue weighted by Gasteiger charge is -2.30. The number of halogens is 1. The summed E-state index contributed by atoms with van der Waals surface area (Å²) in [6, 6.07) is 11.2. The van der Waals surface area contributed by atoms with Crippen LogP contribution < -0.4 is 15.0 Å². The summed E-state index contributed by atoms with van der Waals surface area (Å²) >= 11 is 5.83. The molecule has 1 atom stereocenters. The number of piperidine rings is 1. The van der Waals surface area contributed by atoms with Crippen LogP contribution in [0.4, 0.5) is 11.8 Å². The third-order valence-corrected chi connectivity index (χ3v) is 5.01. The Hall–Kier alpha value is -3.13. The molecular formula is C20H20ClN5O3. The number of anilines is 2. The molecule has 4 rings (SSSR count). The molecule has 0 radical (unpaired) electrons. The van der Waals surface area contributed by atoms with Gasteiger partial charge in [0.2, 0.25) is 11.7 Å². The van der Waals surface area contributed by atoms with Crippen molar-refractivity contribution in [1.82, 2.24) is 15.1 Å². The number of carbonyl (C=O) groups excluding carboxylic acids is 1. The fourth-order valence-corrected chi connectivity index (χ4v) is 3.38. The lowest BCUT2D eigenvalue weighted by Crippen LogP contribution is -2.41. The normalized spacial score (nSPS) is 16.5. The Bertz CT molecular complexity index is 992. The van der Waals surface area contributed by atoms with Gasteiger partial charge >= 0.3 is 6.01 Å². The fraction of sp³-hybridized carbons (Fsp3) is 0.300. The van der Waals surface area contributed by atoms with Gasteiger partial charge in [0.25, 0.3) is 0 Å². The molecule has 8 nitrogen and oxygen atoms in total. The highest BCUT2D eigenvalue weighted by atomic mass is 35.5. The fourth-order valence-electron chi connectivity index (χ4n) is 3.27. The Morgan fingerprint density at radius 3 is 3.03 bits per heavy atom. The van der Waals surface area contributed by atoms with E-state index in [-0.39, 0.29) is 11.8 Å². The summed E-state index contributed by atoms with van der Waals surface area (Å²) in [5.41, 5.74) is 0.805. The minimum Gasteiger partial charge on any atom is -0.497 e. The molecule has 1 aliphatic rings. The molecular weight excluding hydrogens is 394 g/mol. The number of methoxy groups -OCH3 is 1. The van der Waals surface area contributed by atoms with Gasteiger partial charge in [-0.05, 0) is 37.1 Å². The maximum atomic E-state index is 12.6. The molecule has 1 aliphatic heterocycles. The molecule has 0 saturated carbocycles. The van der Waals surface area contributed by atoms with Crippen LogP contribution >= 0.6 is 11.6 Å². The quantitative estimate of drug-likeness (QED) is 0.682. The van der Waals surface area contributed by atoms with Crippen molar-refractivity contribution in [2.75, 3.05) is 30.4 Å². The van der Waals surface area contributed by atoms with Crippen LogP contribution in [0.5, 0.6) is 5.75 Å². The first-order valence-corrected chi connectivity index (χ1v) is 9.65. The SMILES string of the molecule is COc1cccc(-c2noc(N3CCCC(C(=O)Nc4ccc(Cl)cn4)C3)n2)c1. The van der Waals surface area contributed by atoms with Crippen molar-refractivity contribution in [2.45, 2.75) is 12.8 Å². The zero-order valence-corrected chi connectivity index (χ0v) is 16.6. The number of nitrogens with one attached hydrogen (secondary N) is 1. The first-order valence-electron chi connectivity index (χ1n) is 9.28. The Balaban J connectivity index is 1.43. The van der Waals surface area contributed by atoms with Crippen molar-refractivity contribution in [3.05, 3.63) is 47.6 Å². The second-order valence-corrected chi connectivity index (χ2v) is 7.21. The molecule has 29 heavy (non-hydrogen) atoms. The highest BCUT2D eigenvalue weighted by Crippen LogP contribution is 2.27. The molecule has 1 N–H and O–H groups in total. The van der Waals surface area contributed by atoms with Crippen LogP contribution in [0.3, 0.4) is 0 Å². The van der Waals surface area contributed by atoms with Crippen molar-refractivity contribution in [3.63, 3.8) is 0 Å². The number of pyridine rings is 1. The smallest absolute Gasteiger partial charge is 0.324 e. The van der Waals surface area contributed by atoms with E-state index in [2.05, 4.69) is 20.4 Å². The van der Waals surface area contributed by atoms with Crippen LogP contribution in [-0.4, -0.2) is 41.2 Å². The highest BCUT2D eigenvalue weighted by Gasteiger charge is 2.29. The highest BCUT2D eigenvalue weighted by molar-refractivity contribution is 6.30. The van der Waals surface area contributed by atoms with Gasteiger partial charge in [0, 0.05) is 24.8 Å². The van der Waals surface area contributed by atoms with Gasteiger partial charge in [0.1, 0.15) is 11.6 Å². The van der Waals surface area contributed by atoms with Gasteiger partial charge in [-0.1, -0.05) is 28.9 Å². The van der Waals surface area contributed by atoms with E-state index in [0.29, 0.717) is 29.2 Å². The monoisotopic (exact) mass is 413 g/mol. The van der Waals surface area contributed by atoms with E-state index < -0.39 is 0 Å². The molecule has 0 bridgehead atoms. The number of hydrogen-bond acceptors (Lipinski definition) is 7. The summed E-state index contributed by atoms with van der Waals surface area (Å²) in [4.78, 5) is 23.2. The number of ether oxygens (including phenoxy) is 1. The van der Waals surface area contributed by atoms with Crippen LogP contribution in [0.15, 0.2) is 47.1 Å². The van der Waals surface area contributed by atoms with Crippen LogP contribution in [0, 0.1) is 5.92 Å². The Labute approximate surface area is 172 Å². The zero-order chi connectivity index (χ0) is 20.2. The number of hydrogen-bond donors (Lipinski definition) is 1.